The standard InChI is InChI=1S/C26H20N2O3S/c1-18-7-6-8-19(13-18)17-31-23-12-5-4-9-20(23)14-24-25(29)28(26(30)32-24)16-22-11-3-2-10-21(22)15-27/h2-14H,16-17H2,1H3/b24-14+. The van der Waals surface area contributed by atoms with Crippen LogP contribution in [0.4, 0.5) is 4.79 Å². The molecule has 0 aliphatic carbocycles. The molecule has 0 atom stereocenters. The van der Waals surface area contributed by atoms with E-state index in [9.17, 15) is 14.9 Å². The van der Waals surface area contributed by atoms with E-state index in [1.54, 1.807) is 30.3 Å². The molecule has 5 nitrogen and oxygen atoms in total. The molecule has 0 radical (unpaired) electrons. The van der Waals surface area contributed by atoms with Gasteiger partial charge in [-0.2, -0.15) is 5.26 Å². The molecular weight excluding hydrogens is 420 g/mol. The van der Waals surface area contributed by atoms with Gasteiger partial charge >= 0.3 is 0 Å². The number of hydrogen-bond donors (Lipinski definition) is 0. The molecule has 0 spiro atoms. The number of carbonyl (C=O) groups is 2. The number of nitriles is 1. The number of amides is 2. The number of para-hydroxylation sites is 1. The van der Waals surface area contributed by atoms with E-state index < -0.39 is 0 Å². The molecule has 1 fully saturated rings. The Morgan fingerprint density at radius 1 is 1.03 bits per heavy atom. The Kier molecular flexibility index (Phi) is 6.39. The Balaban J connectivity index is 1.54. The predicted octanol–water partition coefficient (Wildman–Crippen LogP) is 5.68. The van der Waals surface area contributed by atoms with Crippen LogP contribution in [0.3, 0.4) is 0 Å². The second-order valence-electron chi connectivity index (χ2n) is 7.35. The van der Waals surface area contributed by atoms with Gasteiger partial charge in [0.05, 0.1) is 23.1 Å². The highest BCUT2D eigenvalue weighted by Crippen LogP contribution is 2.35. The van der Waals surface area contributed by atoms with Crippen molar-refractivity contribution in [3.05, 3.63) is 106 Å². The largest absolute Gasteiger partial charge is 0.488 e. The Labute approximate surface area is 190 Å². The molecular formula is C26H20N2O3S. The number of hydrogen-bond acceptors (Lipinski definition) is 5. The van der Waals surface area contributed by atoms with Crippen LogP contribution in [0.5, 0.6) is 5.75 Å². The zero-order valence-corrected chi connectivity index (χ0v) is 18.3. The number of aryl methyl sites for hydroxylation is 1. The quantitative estimate of drug-likeness (QED) is 0.461. The van der Waals surface area contributed by atoms with E-state index in [2.05, 4.69) is 12.1 Å². The van der Waals surface area contributed by atoms with E-state index in [-0.39, 0.29) is 17.7 Å². The molecule has 1 saturated heterocycles. The minimum atomic E-state index is -0.374. The molecule has 1 aliphatic rings. The van der Waals surface area contributed by atoms with Crippen LogP contribution < -0.4 is 4.74 Å². The first-order valence-electron chi connectivity index (χ1n) is 10.1. The summed E-state index contributed by atoms with van der Waals surface area (Å²) in [7, 11) is 0. The van der Waals surface area contributed by atoms with Crippen LogP contribution in [-0.2, 0) is 17.9 Å². The van der Waals surface area contributed by atoms with Crippen molar-refractivity contribution in [2.75, 3.05) is 0 Å². The van der Waals surface area contributed by atoms with Crippen molar-refractivity contribution < 1.29 is 14.3 Å². The van der Waals surface area contributed by atoms with E-state index in [4.69, 9.17) is 4.74 Å². The maximum absolute atomic E-state index is 12.9. The van der Waals surface area contributed by atoms with Crippen LogP contribution in [0, 0.1) is 18.3 Å². The summed E-state index contributed by atoms with van der Waals surface area (Å²) in [6.07, 6.45) is 1.69. The highest BCUT2D eigenvalue weighted by molar-refractivity contribution is 8.18. The Morgan fingerprint density at radius 2 is 1.81 bits per heavy atom. The van der Waals surface area contributed by atoms with Crippen LogP contribution in [-0.4, -0.2) is 16.0 Å². The third kappa shape index (κ3) is 4.74. The fourth-order valence-corrected chi connectivity index (χ4v) is 4.24. The summed E-state index contributed by atoms with van der Waals surface area (Å²) in [5.74, 6) is 0.261. The van der Waals surface area contributed by atoms with Crippen molar-refractivity contribution >= 4 is 29.0 Å². The fourth-order valence-electron chi connectivity index (χ4n) is 3.41. The van der Waals surface area contributed by atoms with Crippen LogP contribution in [0.25, 0.3) is 6.08 Å². The molecule has 0 N–H and O–H groups in total. The molecule has 3 aromatic carbocycles. The van der Waals surface area contributed by atoms with Crippen LogP contribution >= 0.6 is 11.8 Å². The summed E-state index contributed by atoms with van der Waals surface area (Å²) in [6.45, 7) is 2.50. The van der Waals surface area contributed by atoms with E-state index in [1.807, 2.05) is 49.4 Å². The lowest BCUT2D eigenvalue weighted by molar-refractivity contribution is -0.123. The molecule has 0 saturated carbocycles. The first kappa shape index (κ1) is 21.4. The minimum absolute atomic E-state index is 0.0667. The average molecular weight is 441 g/mol. The number of nitrogens with zero attached hydrogens (tertiary/aromatic N) is 2. The maximum atomic E-state index is 12.9. The SMILES string of the molecule is Cc1cccc(COc2ccccc2/C=C2/SC(=O)N(Cc3ccccc3C#N)C2=O)c1. The van der Waals surface area contributed by atoms with Gasteiger partial charge in [-0.05, 0) is 48.0 Å². The van der Waals surface area contributed by atoms with Gasteiger partial charge in [-0.3, -0.25) is 14.5 Å². The van der Waals surface area contributed by atoms with Gasteiger partial charge in [0.15, 0.2) is 0 Å². The maximum Gasteiger partial charge on any atom is 0.293 e. The molecule has 6 heteroatoms. The normalized spacial score (nSPS) is 14.6. The van der Waals surface area contributed by atoms with E-state index in [0.29, 0.717) is 28.4 Å². The van der Waals surface area contributed by atoms with E-state index in [0.717, 1.165) is 28.5 Å². The lowest BCUT2D eigenvalue weighted by atomic mass is 10.1. The lowest BCUT2D eigenvalue weighted by Gasteiger charge is -2.13. The first-order valence-corrected chi connectivity index (χ1v) is 10.9. The second-order valence-corrected chi connectivity index (χ2v) is 8.35. The van der Waals surface area contributed by atoms with Crippen LogP contribution in [0.2, 0.25) is 0 Å². The van der Waals surface area contributed by atoms with Gasteiger partial charge in [-0.25, -0.2) is 0 Å². The van der Waals surface area contributed by atoms with Crippen LogP contribution in [0.1, 0.15) is 27.8 Å². The first-order chi connectivity index (χ1) is 15.5. The number of carbonyl (C=O) groups excluding carboxylic acids is 2. The smallest absolute Gasteiger partial charge is 0.293 e. The fraction of sp³-hybridized carbons (Fsp3) is 0.115. The summed E-state index contributed by atoms with van der Waals surface area (Å²) in [4.78, 5) is 27.0. The minimum Gasteiger partial charge on any atom is -0.488 e. The van der Waals surface area contributed by atoms with Gasteiger partial charge in [0.1, 0.15) is 12.4 Å². The Bertz CT molecular complexity index is 1260. The van der Waals surface area contributed by atoms with Crippen molar-refractivity contribution in [2.24, 2.45) is 0 Å². The third-order valence-corrected chi connectivity index (χ3v) is 5.93. The Hall–Kier alpha value is -3.82. The van der Waals surface area contributed by atoms with Crippen LogP contribution in [0.15, 0.2) is 77.7 Å². The van der Waals surface area contributed by atoms with E-state index in [1.165, 1.54) is 4.90 Å². The average Bonchev–Trinajstić information content (AvgIpc) is 3.06. The van der Waals surface area contributed by atoms with Gasteiger partial charge < -0.3 is 4.74 Å². The van der Waals surface area contributed by atoms with Crippen molar-refractivity contribution in [3.8, 4) is 11.8 Å². The molecule has 1 aliphatic heterocycles. The van der Waals surface area contributed by atoms with Crippen molar-refractivity contribution in [2.45, 2.75) is 20.1 Å². The predicted molar refractivity (Wildman–Crippen MR) is 125 cm³/mol. The molecule has 4 rings (SSSR count). The van der Waals surface area contributed by atoms with Gasteiger partial charge in [0.25, 0.3) is 11.1 Å². The third-order valence-electron chi connectivity index (χ3n) is 5.02. The second kappa shape index (κ2) is 9.54. The molecule has 3 aromatic rings. The molecule has 0 bridgehead atoms. The summed E-state index contributed by atoms with van der Waals surface area (Å²) < 4.78 is 6.00. The van der Waals surface area contributed by atoms with Gasteiger partial charge in [-0.15, -0.1) is 0 Å². The number of thioether (sulfide) groups is 1. The lowest BCUT2D eigenvalue weighted by Crippen LogP contribution is -2.27. The van der Waals surface area contributed by atoms with Crippen molar-refractivity contribution in [1.82, 2.24) is 4.90 Å². The van der Waals surface area contributed by atoms with Crippen molar-refractivity contribution in [1.29, 1.82) is 5.26 Å². The molecule has 1 heterocycles. The molecule has 0 aromatic heterocycles. The van der Waals surface area contributed by atoms with Gasteiger partial charge in [0, 0.05) is 5.56 Å². The number of rotatable bonds is 6. The summed E-state index contributed by atoms with van der Waals surface area (Å²) >= 11 is 0.895. The van der Waals surface area contributed by atoms with E-state index >= 15 is 0 Å². The topological polar surface area (TPSA) is 70.4 Å². The number of benzene rings is 3. The molecule has 158 valence electrons. The number of imide groups is 1. The molecule has 0 unspecified atom stereocenters. The summed E-state index contributed by atoms with van der Waals surface area (Å²) in [5, 5.41) is 8.93. The highest BCUT2D eigenvalue weighted by atomic mass is 32.2. The molecule has 2 amide bonds. The summed E-state index contributed by atoms with van der Waals surface area (Å²) in [5.41, 5.74) is 4.02. The monoisotopic (exact) mass is 440 g/mol. The zero-order chi connectivity index (χ0) is 22.5. The van der Waals surface area contributed by atoms with Gasteiger partial charge in [-0.1, -0.05) is 66.2 Å². The number of ether oxygens (including phenoxy) is 1. The highest BCUT2D eigenvalue weighted by Gasteiger charge is 2.35. The zero-order valence-electron chi connectivity index (χ0n) is 17.4. The summed E-state index contributed by atoms with van der Waals surface area (Å²) in [6, 6.07) is 24.6. The van der Waals surface area contributed by atoms with Crippen molar-refractivity contribution in [3.63, 3.8) is 0 Å². The Morgan fingerprint density at radius 3 is 2.62 bits per heavy atom. The van der Waals surface area contributed by atoms with Gasteiger partial charge in [0.2, 0.25) is 0 Å². The molecule has 32 heavy (non-hydrogen) atoms.